The van der Waals surface area contributed by atoms with Gasteiger partial charge in [-0.2, -0.15) is 0 Å². The van der Waals surface area contributed by atoms with E-state index < -0.39 is 5.92 Å². The van der Waals surface area contributed by atoms with Crippen LogP contribution in [0.4, 0.5) is 5.82 Å². The summed E-state index contributed by atoms with van der Waals surface area (Å²) in [6.07, 6.45) is 5.33. The standard InChI is InChI=1S/C19H19N3O5S/c1-5-6-28-19-21-17-16(18(24)22-19)11(8-15(23)20-17)10-7-13(26-3)14(27-4)9-12(10)25-2/h1,7,9,11H,6,8H2,2-4H3,(H2,20,21,22,23,24). The van der Waals surface area contributed by atoms with Crippen molar-refractivity contribution in [2.45, 2.75) is 17.5 Å². The summed E-state index contributed by atoms with van der Waals surface area (Å²) >= 11 is 1.21. The van der Waals surface area contributed by atoms with E-state index in [0.29, 0.717) is 39.3 Å². The van der Waals surface area contributed by atoms with Crippen molar-refractivity contribution >= 4 is 23.5 Å². The smallest absolute Gasteiger partial charge is 0.257 e. The van der Waals surface area contributed by atoms with Crippen LogP contribution in [0.5, 0.6) is 17.2 Å². The molecule has 1 aliphatic rings. The molecule has 1 unspecified atom stereocenters. The highest BCUT2D eigenvalue weighted by molar-refractivity contribution is 7.99. The Labute approximate surface area is 166 Å². The number of carbonyl (C=O) groups excluding carboxylic acids is 1. The topological polar surface area (TPSA) is 103 Å². The number of aromatic amines is 1. The predicted molar refractivity (Wildman–Crippen MR) is 106 cm³/mol. The van der Waals surface area contributed by atoms with Crippen LogP contribution in [0.3, 0.4) is 0 Å². The van der Waals surface area contributed by atoms with Crippen molar-refractivity contribution < 1.29 is 19.0 Å². The Kier molecular flexibility index (Phi) is 5.80. The van der Waals surface area contributed by atoms with Gasteiger partial charge in [-0.1, -0.05) is 17.7 Å². The van der Waals surface area contributed by atoms with Gasteiger partial charge in [0.15, 0.2) is 16.7 Å². The number of hydrogen-bond donors (Lipinski definition) is 2. The Morgan fingerprint density at radius 3 is 2.50 bits per heavy atom. The summed E-state index contributed by atoms with van der Waals surface area (Å²) in [5.74, 6) is 3.67. The van der Waals surface area contributed by atoms with Crippen molar-refractivity contribution in [2.24, 2.45) is 0 Å². The summed E-state index contributed by atoms with van der Waals surface area (Å²) in [4.78, 5) is 32.2. The molecule has 2 N–H and O–H groups in total. The molecule has 1 aromatic heterocycles. The van der Waals surface area contributed by atoms with Crippen molar-refractivity contribution in [1.29, 1.82) is 0 Å². The molecule has 146 valence electrons. The van der Waals surface area contributed by atoms with Gasteiger partial charge in [-0.3, -0.25) is 9.59 Å². The van der Waals surface area contributed by atoms with Crippen LogP contribution < -0.4 is 25.1 Å². The molecule has 0 fully saturated rings. The lowest BCUT2D eigenvalue weighted by Gasteiger charge is -2.26. The molecule has 1 aromatic carbocycles. The highest BCUT2D eigenvalue weighted by atomic mass is 32.2. The first-order valence-corrected chi connectivity index (χ1v) is 9.31. The normalized spacial score (nSPS) is 15.2. The minimum atomic E-state index is -0.554. The van der Waals surface area contributed by atoms with Gasteiger partial charge < -0.3 is 24.5 Å². The van der Waals surface area contributed by atoms with Gasteiger partial charge >= 0.3 is 0 Å². The fourth-order valence-electron chi connectivity index (χ4n) is 3.12. The third kappa shape index (κ3) is 3.64. The van der Waals surface area contributed by atoms with E-state index in [0.717, 1.165) is 0 Å². The third-order valence-electron chi connectivity index (χ3n) is 4.33. The van der Waals surface area contributed by atoms with Crippen LogP contribution in [0.15, 0.2) is 22.1 Å². The highest BCUT2D eigenvalue weighted by Crippen LogP contribution is 2.43. The summed E-state index contributed by atoms with van der Waals surface area (Å²) in [7, 11) is 4.54. The molecule has 2 heterocycles. The lowest BCUT2D eigenvalue weighted by Crippen LogP contribution is -2.31. The Morgan fingerprint density at radius 2 is 1.86 bits per heavy atom. The third-order valence-corrected chi connectivity index (χ3v) is 5.11. The van der Waals surface area contributed by atoms with Gasteiger partial charge in [0, 0.05) is 24.0 Å². The number of benzene rings is 1. The van der Waals surface area contributed by atoms with Gasteiger partial charge in [-0.25, -0.2) is 4.98 Å². The molecule has 9 heteroatoms. The lowest BCUT2D eigenvalue weighted by molar-refractivity contribution is -0.116. The van der Waals surface area contributed by atoms with Crippen molar-refractivity contribution in [2.75, 3.05) is 32.4 Å². The summed E-state index contributed by atoms with van der Waals surface area (Å²) in [6, 6.07) is 3.38. The monoisotopic (exact) mass is 401 g/mol. The van der Waals surface area contributed by atoms with E-state index in [1.54, 1.807) is 12.1 Å². The number of H-pyrrole nitrogens is 1. The second-order valence-electron chi connectivity index (χ2n) is 5.88. The average molecular weight is 401 g/mol. The van der Waals surface area contributed by atoms with Crippen LogP contribution in [0.25, 0.3) is 0 Å². The minimum absolute atomic E-state index is 0.0699. The maximum atomic E-state index is 12.8. The number of anilines is 1. The maximum Gasteiger partial charge on any atom is 0.257 e. The minimum Gasteiger partial charge on any atom is -0.496 e. The molecule has 2 aromatic rings. The van der Waals surface area contributed by atoms with Crippen LogP contribution in [-0.2, 0) is 4.79 Å². The number of amides is 1. The fraction of sp³-hybridized carbons (Fsp3) is 0.316. The van der Waals surface area contributed by atoms with Gasteiger partial charge in [0.05, 0.1) is 32.6 Å². The van der Waals surface area contributed by atoms with E-state index in [2.05, 4.69) is 21.2 Å². The van der Waals surface area contributed by atoms with Crippen LogP contribution in [-0.4, -0.2) is 43.0 Å². The Bertz CT molecular complexity index is 1010. The van der Waals surface area contributed by atoms with E-state index in [1.165, 1.54) is 33.1 Å². The zero-order valence-electron chi connectivity index (χ0n) is 15.6. The second-order valence-corrected chi connectivity index (χ2v) is 6.84. The summed E-state index contributed by atoms with van der Waals surface area (Å²) in [5, 5.41) is 3.02. The van der Waals surface area contributed by atoms with Gasteiger partial charge in [0.25, 0.3) is 5.56 Å². The van der Waals surface area contributed by atoms with E-state index >= 15 is 0 Å². The quantitative estimate of drug-likeness (QED) is 0.434. The van der Waals surface area contributed by atoms with Gasteiger partial charge in [0.1, 0.15) is 11.6 Å². The molecule has 1 atom stereocenters. The predicted octanol–water partition coefficient (Wildman–Crippen LogP) is 2.00. The molecule has 0 saturated heterocycles. The number of hydrogen-bond acceptors (Lipinski definition) is 7. The van der Waals surface area contributed by atoms with Crippen molar-refractivity contribution in [1.82, 2.24) is 9.97 Å². The molecule has 1 amide bonds. The second kappa shape index (κ2) is 8.27. The van der Waals surface area contributed by atoms with Gasteiger partial charge in [-0.15, -0.1) is 6.42 Å². The number of nitrogens with one attached hydrogen (secondary N) is 2. The number of nitrogens with zero attached hydrogens (tertiary/aromatic N) is 1. The average Bonchev–Trinajstić information content (AvgIpc) is 2.70. The van der Waals surface area contributed by atoms with Crippen molar-refractivity contribution in [3.8, 4) is 29.6 Å². The molecule has 28 heavy (non-hydrogen) atoms. The zero-order chi connectivity index (χ0) is 20.3. The van der Waals surface area contributed by atoms with Gasteiger partial charge in [-0.05, 0) is 6.07 Å². The molecule has 0 radical (unpaired) electrons. The molecule has 0 aliphatic carbocycles. The fourth-order valence-corrected chi connectivity index (χ4v) is 3.66. The number of thioether (sulfide) groups is 1. The van der Waals surface area contributed by atoms with Crippen LogP contribution in [0, 0.1) is 12.3 Å². The lowest BCUT2D eigenvalue weighted by atomic mass is 9.86. The van der Waals surface area contributed by atoms with Gasteiger partial charge in [0.2, 0.25) is 5.91 Å². The molecular weight excluding hydrogens is 382 g/mol. The van der Waals surface area contributed by atoms with E-state index in [9.17, 15) is 9.59 Å². The van der Waals surface area contributed by atoms with E-state index in [1.807, 2.05) is 0 Å². The van der Waals surface area contributed by atoms with Crippen LogP contribution in [0.1, 0.15) is 23.5 Å². The molecule has 0 saturated carbocycles. The number of aromatic nitrogens is 2. The molecule has 0 spiro atoms. The Balaban J connectivity index is 2.16. The first kappa shape index (κ1) is 19.6. The number of rotatable bonds is 6. The van der Waals surface area contributed by atoms with Crippen molar-refractivity contribution in [3.63, 3.8) is 0 Å². The molecule has 8 nitrogen and oxygen atoms in total. The van der Waals surface area contributed by atoms with E-state index in [4.69, 9.17) is 20.6 Å². The van der Waals surface area contributed by atoms with Crippen LogP contribution >= 0.6 is 11.8 Å². The molecular formula is C19H19N3O5S. The first-order valence-electron chi connectivity index (χ1n) is 8.32. The SMILES string of the molecule is C#CCSc1nc2c(c(=O)[nH]1)C(c1cc(OC)c(OC)cc1OC)CC(=O)N2. The summed E-state index contributed by atoms with van der Waals surface area (Å²) in [5.41, 5.74) is 0.647. The number of fused-ring (bicyclic) bond motifs is 1. The number of terminal acetylenes is 1. The van der Waals surface area contributed by atoms with E-state index in [-0.39, 0.29) is 23.7 Å². The highest BCUT2D eigenvalue weighted by Gasteiger charge is 2.33. The zero-order valence-corrected chi connectivity index (χ0v) is 16.4. The molecule has 3 rings (SSSR count). The Morgan fingerprint density at radius 1 is 1.18 bits per heavy atom. The summed E-state index contributed by atoms with van der Waals surface area (Å²) < 4.78 is 16.2. The Hall–Kier alpha value is -3.12. The van der Waals surface area contributed by atoms with Crippen molar-refractivity contribution in [3.05, 3.63) is 33.6 Å². The maximum absolute atomic E-state index is 12.8. The summed E-state index contributed by atoms with van der Waals surface area (Å²) in [6.45, 7) is 0. The molecule has 1 aliphatic heterocycles. The number of methoxy groups -OCH3 is 3. The van der Waals surface area contributed by atoms with Crippen LogP contribution in [0.2, 0.25) is 0 Å². The largest absolute Gasteiger partial charge is 0.496 e. The number of ether oxygens (including phenoxy) is 3. The molecule has 0 bridgehead atoms. The first-order chi connectivity index (χ1) is 13.5. The number of carbonyl (C=O) groups is 1.